The molecular formula is C10H12O5. The molecule has 0 atom stereocenters. The lowest BCUT2D eigenvalue weighted by atomic mass is 10.0. The molecule has 5 nitrogen and oxygen atoms in total. The molecule has 0 rings (SSSR count). The van der Waals surface area contributed by atoms with Gasteiger partial charge in [-0.05, 0) is 6.92 Å². The summed E-state index contributed by atoms with van der Waals surface area (Å²) in [5.74, 6) is -3.32. The summed E-state index contributed by atoms with van der Waals surface area (Å²) in [5.41, 5.74) is 0. The van der Waals surface area contributed by atoms with Gasteiger partial charge < -0.3 is 9.47 Å². The van der Waals surface area contributed by atoms with Gasteiger partial charge in [0.15, 0.2) is 5.92 Å². The van der Waals surface area contributed by atoms with Gasteiger partial charge in [-0.2, -0.15) is 0 Å². The van der Waals surface area contributed by atoms with Crippen molar-refractivity contribution in [2.45, 2.75) is 13.3 Å². The Morgan fingerprint density at radius 3 is 1.80 bits per heavy atom. The lowest BCUT2D eigenvalue weighted by Crippen LogP contribution is -2.27. The number of carbonyl (C=O) groups is 3. The van der Waals surface area contributed by atoms with Gasteiger partial charge in [0.1, 0.15) is 5.78 Å². The lowest BCUT2D eigenvalue weighted by Gasteiger charge is -2.09. The topological polar surface area (TPSA) is 69.7 Å². The first-order valence-electron chi connectivity index (χ1n) is 4.15. The molecule has 0 bridgehead atoms. The van der Waals surface area contributed by atoms with E-state index in [1.54, 1.807) is 0 Å². The van der Waals surface area contributed by atoms with Gasteiger partial charge in [-0.1, -0.05) is 13.2 Å². The number of ketones is 1. The molecule has 0 N–H and O–H groups in total. The largest absolute Gasteiger partial charge is 0.434 e. The van der Waals surface area contributed by atoms with Crippen LogP contribution in [0.4, 0.5) is 0 Å². The van der Waals surface area contributed by atoms with Gasteiger partial charge >= 0.3 is 11.9 Å². The Bertz CT molecular complexity index is 270. The maximum absolute atomic E-state index is 11.2. The van der Waals surface area contributed by atoms with Gasteiger partial charge in [-0.25, -0.2) is 0 Å². The summed E-state index contributed by atoms with van der Waals surface area (Å²) in [6.45, 7) is 7.59. The van der Waals surface area contributed by atoms with Gasteiger partial charge in [-0.15, -0.1) is 0 Å². The van der Waals surface area contributed by atoms with Crippen LogP contribution >= 0.6 is 0 Å². The molecule has 0 aromatic heterocycles. The van der Waals surface area contributed by atoms with Crippen LogP contribution in [0, 0.1) is 5.92 Å². The predicted molar refractivity (Wildman–Crippen MR) is 51.4 cm³/mol. The van der Waals surface area contributed by atoms with Crippen molar-refractivity contribution < 1.29 is 23.9 Å². The van der Waals surface area contributed by atoms with Gasteiger partial charge in [0.05, 0.1) is 12.5 Å². The first-order valence-corrected chi connectivity index (χ1v) is 4.15. The molecular weight excluding hydrogens is 200 g/mol. The second kappa shape index (κ2) is 6.53. The standard InChI is InChI=1S/C10H12O5/c1-4-14-9(12)8(6-7(3)11)10(13)15-5-2/h4-5,8H,1-2,6H2,3H3. The maximum atomic E-state index is 11.2. The van der Waals surface area contributed by atoms with E-state index in [0.29, 0.717) is 0 Å². The van der Waals surface area contributed by atoms with E-state index in [9.17, 15) is 14.4 Å². The summed E-state index contributed by atoms with van der Waals surface area (Å²) < 4.78 is 8.82. The molecule has 0 aliphatic heterocycles. The smallest absolute Gasteiger partial charge is 0.325 e. The van der Waals surface area contributed by atoms with Crippen LogP contribution in [0.25, 0.3) is 0 Å². The van der Waals surface area contributed by atoms with E-state index < -0.39 is 17.9 Å². The first kappa shape index (κ1) is 13.1. The molecule has 0 aliphatic rings. The molecule has 0 aromatic carbocycles. The predicted octanol–water partition coefficient (Wildman–Crippen LogP) is 0.955. The highest BCUT2D eigenvalue weighted by Gasteiger charge is 2.30. The Hall–Kier alpha value is -1.91. The van der Waals surface area contributed by atoms with Crippen molar-refractivity contribution >= 4 is 17.7 Å². The molecule has 0 heterocycles. The Labute approximate surface area is 87.4 Å². The van der Waals surface area contributed by atoms with Gasteiger partial charge in [0.25, 0.3) is 0 Å². The summed E-state index contributed by atoms with van der Waals surface area (Å²) >= 11 is 0. The van der Waals surface area contributed by atoms with Crippen molar-refractivity contribution in [1.82, 2.24) is 0 Å². The highest BCUT2D eigenvalue weighted by atomic mass is 16.5. The minimum atomic E-state index is -1.27. The molecule has 0 radical (unpaired) electrons. The van der Waals surface area contributed by atoms with Crippen LogP contribution in [0.1, 0.15) is 13.3 Å². The molecule has 0 aromatic rings. The Morgan fingerprint density at radius 1 is 1.13 bits per heavy atom. The monoisotopic (exact) mass is 212 g/mol. The number of esters is 2. The van der Waals surface area contributed by atoms with Crippen molar-refractivity contribution in [3.63, 3.8) is 0 Å². The molecule has 15 heavy (non-hydrogen) atoms. The van der Waals surface area contributed by atoms with E-state index in [-0.39, 0.29) is 12.2 Å². The van der Waals surface area contributed by atoms with E-state index in [0.717, 1.165) is 12.5 Å². The van der Waals surface area contributed by atoms with Gasteiger partial charge in [0.2, 0.25) is 0 Å². The summed E-state index contributed by atoms with van der Waals surface area (Å²) in [6.07, 6.45) is 1.51. The van der Waals surface area contributed by atoms with Crippen molar-refractivity contribution in [2.24, 2.45) is 5.92 Å². The number of hydrogen-bond donors (Lipinski definition) is 0. The zero-order valence-corrected chi connectivity index (χ0v) is 8.39. The second-order valence-corrected chi connectivity index (χ2v) is 2.67. The fourth-order valence-corrected chi connectivity index (χ4v) is 0.879. The fourth-order valence-electron chi connectivity index (χ4n) is 0.879. The van der Waals surface area contributed by atoms with E-state index in [2.05, 4.69) is 22.6 Å². The molecule has 82 valence electrons. The third-order valence-electron chi connectivity index (χ3n) is 1.46. The lowest BCUT2D eigenvalue weighted by molar-refractivity contribution is -0.157. The molecule has 0 saturated carbocycles. The molecule has 0 aliphatic carbocycles. The summed E-state index contributed by atoms with van der Waals surface area (Å²) in [6, 6.07) is 0. The SMILES string of the molecule is C=COC(=O)C(CC(C)=O)C(=O)OC=C. The number of ether oxygens (including phenoxy) is 2. The van der Waals surface area contributed by atoms with Crippen LogP contribution in [-0.4, -0.2) is 17.7 Å². The summed E-state index contributed by atoms with van der Waals surface area (Å²) in [5, 5.41) is 0. The third kappa shape index (κ3) is 4.75. The van der Waals surface area contributed by atoms with E-state index in [4.69, 9.17) is 0 Å². The summed E-state index contributed by atoms with van der Waals surface area (Å²) in [7, 11) is 0. The maximum Gasteiger partial charge on any atom is 0.325 e. The molecule has 0 fully saturated rings. The minimum absolute atomic E-state index is 0.265. The normalized spacial score (nSPS) is 9.20. The average molecular weight is 212 g/mol. The van der Waals surface area contributed by atoms with Crippen LogP contribution in [0.15, 0.2) is 25.7 Å². The Balaban J connectivity index is 4.62. The summed E-state index contributed by atoms with van der Waals surface area (Å²) in [4.78, 5) is 33.2. The van der Waals surface area contributed by atoms with E-state index in [1.807, 2.05) is 0 Å². The van der Waals surface area contributed by atoms with Crippen molar-refractivity contribution in [3.8, 4) is 0 Å². The van der Waals surface area contributed by atoms with Crippen molar-refractivity contribution in [2.75, 3.05) is 0 Å². The highest BCUT2D eigenvalue weighted by molar-refractivity contribution is 5.99. The molecule has 0 saturated heterocycles. The first-order chi connectivity index (χ1) is 7.02. The van der Waals surface area contributed by atoms with E-state index in [1.165, 1.54) is 6.92 Å². The zero-order valence-electron chi connectivity index (χ0n) is 8.39. The number of rotatable bonds is 6. The number of Topliss-reactive ketones (excluding diaryl/α,β-unsaturated/α-hetero) is 1. The zero-order chi connectivity index (χ0) is 11.8. The quantitative estimate of drug-likeness (QED) is 0.372. The van der Waals surface area contributed by atoms with Crippen molar-refractivity contribution in [1.29, 1.82) is 0 Å². The third-order valence-corrected chi connectivity index (χ3v) is 1.46. The van der Waals surface area contributed by atoms with Crippen LogP contribution < -0.4 is 0 Å². The fraction of sp³-hybridized carbons (Fsp3) is 0.300. The molecule has 0 unspecified atom stereocenters. The van der Waals surface area contributed by atoms with Crippen molar-refractivity contribution in [3.05, 3.63) is 25.7 Å². The molecule has 5 heteroatoms. The van der Waals surface area contributed by atoms with Gasteiger partial charge in [-0.3, -0.25) is 14.4 Å². The molecule has 0 amide bonds. The van der Waals surface area contributed by atoms with E-state index >= 15 is 0 Å². The minimum Gasteiger partial charge on any atom is -0.434 e. The Morgan fingerprint density at radius 2 is 1.53 bits per heavy atom. The van der Waals surface area contributed by atoms with Crippen LogP contribution in [0.3, 0.4) is 0 Å². The number of hydrogen-bond acceptors (Lipinski definition) is 5. The molecule has 0 spiro atoms. The Kier molecular flexibility index (Phi) is 5.70. The van der Waals surface area contributed by atoms with Crippen LogP contribution in [-0.2, 0) is 23.9 Å². The second-order valence-electron chi connectivity index (χ2n) is 2.67. The number of carbonyl (C=O) groups excluding carboxylic acids is 3. The highest BCUT2D eigenvalue weighted by Crippen LogP contribution is 2.09. The average Bonchev–Trinajstić information content (AvgIpc) is 2.14. The van der Waals surface area contributed by atoms with Gasteiger partial charge in [0, 0.05) is 6.42 Å². The van der Waals surface area contributed by atoms with Crippen LogP contribution in [0.5, 0.6) is 0 Å². The van der Waals surface area contributed by atoms with Crippen LogP contribution in [0.2, 0.25) is 0 Å².